The van der Waals surface area contributed by atoms with E-state index in [0.717, 1.165) is 31.9 Å². The van der Waals surface area contributed by atoms with E-state index in [1.807, 2.05) is 13.0 Å². The molecule has 2 aliphatic rings. The summed E-state index contributed by atoms with van der Waals surface area (Å²) in [6.45, 7) is 4.76. The highest BCUT2D eigenvalue weighted by atomic mass is 16.5. The molecule has 0 amide bonds. The molecule has 1 saturated heterocycles. The van der Waals surface area contributed by atoms with E-state index in [1.165, 1.54) is 11.1 Å². The van der Waals surface area contributed by atoms with Crippen molar-refractivity contribution >= 4 is 5.97 Å². The molecule has 0 spiro atoms. The van der Waals surface area contributed by atoms with Gasteiger partial charge in [0.25, 0.3) is 0 Å². The second-order valence-corrected chi connectivity index (χ2v) is 5.65. The highest BCUT2D eigenvalue weighted by Gasteiger charge is 2.38. The summed E-state index contributed by atoms with van der Waals surface area (Å²) in [5.74, 6) is 1.09. The molecule has 0 aromatic heterocycles. The number of rotatable bonds is 3. The zero-order chi connectivity index (χ0) is 14.1. The van der Waals surface area contributed by atoms with Crippen molar-refractivity contribution in [1.82, 2.24) is 4.90 Å². The normalized spacial score (nSPS) is 25.3. The van der Waals surface area contributed by atoms with Gasteiger partial charge in [0.1, 0.15) is 5.75 Å². The Balaban J connectivity index is 1.85. The molecule has 1 aromatic carbocycles. The highest BCUT2D eigenvalue weighted by Crippen LogP contribution is 2.36. The van der Waals surface area contributed by atoms with Gasteiger partial charge in [0.2, 0.25) is 0 Å². The number of benzene rings is 1. The van der Waals surface area contributed by atoms with Crippen molar-refractivity contribution in [2.45, 2.75) is 19.3 Å². The van der Waals surface area contributed by atoms with Gasteiger partial charge < -0.3 is 14.4 Å². The van der Waals surface area contributed by atoms with Crippen LogP contribution < -0.4 is 4.74 Å². The zero-order valence-electron chi connectivity index (χ0n) is 12.1. The maximum atomic E-state index is 12.1. The Morgan fingerprint density at radius 2 is 2.30 bits per heavy atom. The van der Waals surface area contributed by atoms with Gasteiger partial charge in [-0.25, -0.2) is 0 Å². The summed E-state index contributed by atoms with van der Waals surface area (Å²) in [6, 6.07) is 6.34. The molecule has 4 nitrogen and oxygen atoms in total. The fourth-order valence-corrected chi connectivity index (χ4v) is 3.26. The number of likely N-dealkylation sites (tertiary alicyclic amines) is 1. The summed E-state index contributed by atoms with van der Waals surface area (Å²) in [5.41, 5.74) is 2.50. The predicted octanol–water partition coefficient (Wildman–Crippen LogP) is 1.83. The van der Waals surface area contributed by atoms with Gasteiger partial charge in [0, 0.05) is 25.4 Å². The van der Waals surface area contributed by atoms with Crippen LogP contribution in [0.2, 0.25) is 0 Å². The van der Waals surface area contributed by atoms with E-state index in [-0.39, 0.29) is 17.8 Å². The van der Waals surface area contributed by atoms with Crippen molar-refractivity contribution in [3.63, 3.8) is 0 Å². The second-order valence-electron chi connectivity index (χ2n) is 5.65. The van der Waals surface area contributed by atoms with Gasteiger partial charge in [-0.1, -0.05) is 12.1 Å². The van der Waals surface area contributed by atoms with E-state index >= 15 is 0 Å². The first kappa shape index (κ1) is 13.4. The quantitative estimate of drug-likeness (QED) is 0.789. The summed E-state index contributed by atoms with van der Waals surface area (Å²) in [4.78, 5) is 14.3. The third kappa shape index (κ3) is 2.40. The SMILES string of the molecule is CCOC(=O)C1CN(C)CC1c1ccc2c(c1)CCO2. The molecule has 0 bridgehead atoms. The fourth-order valence-electron chi connectivity index (χ4n) is 3.26. The first-order valence-corrected chi connectivity index (χ1v) is 7.30. The van der Waals surface area contributed by atoms with Crippen molar-refractivity contribution in [1.29, 1.82) is 0 Å². The Kier molecular flexibility index (Phi) is 3.66. The monoisotopic (exact) mass is 275 g/mol. The minimum atomic E-state index is -0.0707. The van der Waals surface area contributed by atoms with Crippen molar-refractivity contribution < 1.29 is 14.3 Å². The second kappa shape index (κ2) is 5.44. The smallest absolute Gasteiger partial charge is 0.310 e. The average molecular weight is 275 g/mol. The van der Waals surface area contributed by atoms with E-state index in [0.29, 0.717) is 6.61 Å². The molecule has 0 radical (unpaired) electrons. The number of carbonyl (C=O) groups is 1. The topological polar surface area (TPSA) is 38.8 Å². The number of esters is 1. The van der Waals surface area contributed by atoms with Crippen LogP contribution in [0.15, 0.2) is 18.2 Å². The van der Waals surface area contributed by atoms with Crippen LogP contribution in [0.25, 0.3) is 0 Å². The van der Waals surface area contributed by atoms with Crippen LogP contribution in [0.5, 0.6) is 5.75 Å². The summed E-state index contributed by atoms with van der Waals surface area (Å²) < 4.78 is 10.8. The molecule has 2 heterocycles. The molecule has 2 atom stereocenters. The maximum absolute atomic E-state index is 12.1. The third-order valence-corrected chi connectivity index (χ3v) is 4.23. The summed E-state index contributed by atoms with van der Waals surface area (Å²) in [7, 11) is 2.06. The largest absolute Gasteiger partial charge is 0.493 e. The average Bonchev–Trinajstić information content (AvgIpc) is 3.04. The van der Waals surface area contributed by atoms with Crippen LogP contribution >= 0.6 is 0 Å². The van der Waals surface area contributed by atoms with E-state index in [2.05, 4.69) is 24.1 Å². The molecule has 0 aliphatic carbocycles. The molecule has 2 unspecified atom stereocenters. The van der Waals surface area contributed by atoms with E-state index < -0.39 is 0 Å². The molecule has 3 rings (SSSR count). The Morgan fingerprint density at radius 1 is 1.45 bits per heavy atom. The van der Waals surface area contributed by atoms with Crippen LogP contribution in [0.1, 0.15) is 24.0 Å². The van der Waals surface area contributed by atoms with Gasteiger partial charge in [-0.2, -0.15) is 0 Å². The van der Waals surface area contributed by atoms with Crippen LogP contribution in [0.3, 0.4) is 0 Å². The lowest BCUT2D eigenvalue weighted by Crippen LogP contribution is -2.24. The number of carbonyl (C=O) groups excluding carboxylic acids is 1. The third-order valence-electron chi connectivity index (χ3n) is 4.23. The summed E-state index contributed by atoms with van der Waals surface area (Å²) >= 11 is 0. The minimum Gasteiger partial charge on any atom is -0.493 e. The summed E-state index contributed by atoms with van der Waals surface area (Å²) in [6.07, 6.45) is 0.968. The lowest BCUT2D eigenvalue weighted by atomic mass is 9.88. The highest BCUT2D eigenvalue weighted by molar-refractivity contribution is 5.74. The van der Waals surface area contributed by atoms with Crippen molar-refractivity contribution in [3.8, 4) is 5.75 Å². The van der Waals surface area contributed by atoms with Gasteiger partial charge in [-0.05, 0) is 31.2 Å². The van der Waals surface area contributed by atoms with Gasteiger partial charge in [-0.3, -0.25) is 4.79 Å². The standard InChI is InChI=1S/C16H21NO3/c1-3-19-16(18)14-10-17(2)9-13(14)11-4-5-15-12(8-11)6-7-20-15/h4-5,8,13-14H,3,6-7,9-10H2,1-2H3. The molecular formula is C16H21NO3. The number of nitrogens with zero attached hydrogens (tertiary/aromatic N) is 1. The molecule has 20 heavy (non-hydrogen) atoms. The number of likely N-dealkylation sites (N-methyl/N-ethyl adjacent to an activating group) is 1. The Bertz CT molecular complexity index is 514. The lowest BCUT2D eigenvalue weighted by molar-refractivity contribution is -0.147. The van der Waals surface area contributed by atoms with E-state index in [9.17, 15) is 4.79 Å². The first-order chi connectivity index (χ1) is 9.69. The molecule has 108 valence electrons. The van der Waals surface area contributed by atoms with Crippen LogP contribution in [-0.2, 0) is 16.0 Å². The molecule has 1 aromatic rings. The van der Waals surface area contributed by atoms with Crippen LogP contribution in [0, 0.1) is 5.92 Å². The maximum Gasteiger partial charge on any atom is 0.310 e. The van der Waals surface area contributed by atoms with Gasteiger partial charge in [0.15, 0.2) is 0 Å². The van der Waals surface area contributed by atoms with Crippen molar-refractivity contribution in [2.75, 3.05) is 33.4 Å². The number of fused-ring (bicyclic) bond motifs is 1. The molecule has 2 aliphatic heterocycles. The summed E-state index contributed by atoms with van der Waals surface area (Å²) in [5, 5.41) is 0. The Hall–Kier alpha value is -1.55. The zero-order valence-corrected chi connectivity index (χ0v) is 12.1. The first-order valence-electron chi connectivity index (χ1n) is 7.30. The molecule has 0 N–H and O–H groups in total. The van der Waals surface area contributed by atoms with Crippen LogP contribution in [-0.4, -0.2) is 44.2 Å². The van der Waals surface area contributed by atoms with Crippen LogP contribution in [0.4, 0.5) is 0 Å². The van der Waals surface area contributed by atoms with Gasteiger partial charge >= 0.3 is 5.97 Å². The predicted molar refractivity (Wildman–Crippen MR) is 76.0 cm³/mol. The van der Waals surface area contributed by atoms with Gasteiger partial charge in [0.05, 0.1) is 19.1 Å². The number of ether oxygens (including phenoxy) is 2. The molecular weight excluding hydrogens is 254 g/mol. The van der Waals surface area contributed by atoms with Gasteiger partial charge in [-0.15, -0.1) is 0 Å². The Morgan fingerprint density at radius 3 is 3.10 bits per heavy atom. The Labute approximate surface area is 119 Å². The molecule has 4 heteroatoms. The van der Waals surface area contributed by atoms with E-state index in [4.69, 9.17) is 9.47 Å². The molecule has 1 fully saturated rings. The number of hydrogen-bond donors (Lipinski definition) is 0. The minimum absolute atomic E-state index is 0.0553. The van der Waals surface area contributed by atoms with Crippen molar-refractivity contribution in [2.24, 2.45) is 5.92 Å². The molecule has 0 saturated carbocycles. The van der Waals surface area contributed by atoms with E-state index in [1.54, 1.807) is 0 Å². The number of hydrogen-bond acceptors (Lipinski definition) is 4. The fraction of sp³-hybridized carbons (Fsp3) is 0.562. The lowest BCUT2D eigenvalue weighted by Gasteiger charge is -2.18. The van der Waals surface area contributed by atoms with Crippen molar-refractivity contribution in [3.05, 3.63) is 29.3 Å².